The van der Waals surface area contributed by atoms with E-state index in [4.69, 9.17) is 9.72 Å². The van der Waals surface area contributed by atoms with E-state index < -0.39 is 0 Å². The van der Waals surface area contributed by atoms with E-state index in [1.807, 2.05) is 48.2 Å². The maximum Gasteiger partial charge on any atom is 0.222 e. The van der Waals surface area contributed by atoms with E-state index in [2.05, 4.69) is 23.6 Å². The van der Waals surface area contributed by atoms with Crippen LogP contribution in [0.15, 0.2) is 48.5 Å². The summed E-state index contributed by atoms with van der Waals surface area (Å²) in [5.41, 5.74) is 3.26. The van der Waals surface area contributed by atoms with E-state index >= 15 is 0 Å². The first-order chi connectivity index (χ1) is 13.7. The van der Waals surface area contributed by atoms with Crippen molar-refractivity contribution in [3.05, 3.63) is 59.9 Å². The Balaban J connectivity index is 1.61. The minimum Gasteiger partial charge on any atom is -0.492 e. The quantitative estimate of drug-likeness (QED) is 0.635. The summed E-state index contributed by atoms with van der Waals surface area (Å²) in [7, 11) is 0. The average Bonchev–Trinajstić information content (AvgIpc) is 3.32. The van der Waals surface area contributed by atoms with Crippen LogP contribution in [0, 0.1) is 6.92 Å². The number of likely N-dealkylation sites (tertiary alicyclic amines) is 1. The summed E-state index contributed by atoms with van der Waals surface area (Å²) in [4.78, 5) is 19.3. The Hall–Kier alpha value is -2.82. The highest BCUT2D eigenvalue weighted by Crippen LogP contribution is 2.33. The monoisotopic (exact) mass is 377 g/mol. The molecule has 0 spiro atoms. The molecule has 1 unspecified atom stereocenters. The summed E-state index contributed by atoms with van der Waals surface area (Å²) in [5, 5.41) is 0. The van der Waals surface area contributed by atoms with Crippen LogP contribution < -0.4 is 4.74 Å². The van der Waals surface area contributed by atoms with Gasteiger partial charge in [0.15, 0.2) is 0 Å². The van der Waals surface area contributed by atoms with Crippen LogP contribution >= 0.6 is 0 Å². The average molecular weight is 377 g/mol. The van der Waals surface area contributed by atoms with Crippen LogP contribution in [0.2, 0.25) is 0 Å². The Labute approximate surface area is 165 Å². The molecule has 28 heavy (non-hydrogen) atoms. The number of carbonyl (C=O) groups is 1. The van der Waals surface area contributed by atoms with Crippen molar-refractivity contribution in [1.82, 2.24) is 14.5 Å². The van der Waals surface area contributed by atoms with Gasteiger partial charge in [0.1, 0.15) is 18.2 Å². The van der Waals surface area contributed by atoms with Crippen LogP contribution in [0.25, 0.3) is 11.0 Å². The fourth-order valence-corrected chi connectivity index (χ4v) is 4.08. The number of hydrogen-bond donors (Lipinski definition) is 0. The Kier molecular flexibility index (Phi) is 5.33. The lowest BCUT2D eigenvalue weighted by atomic mass is 10.2. The standard InChI is InChI=1S/C23H27N3O2/c1-3-22(27)25-13-7-12-21(25)23-24-19-10-4-5-11-20(19)26(23)14-15-28-18-9-6-8-17(2)16-18/h4-6,8-11,16,21H,3,7,12-15H2,1-2H3. The van der Waals surface area contributed by atoms with Crippen LogP contribution in [0.4, 0.5) is 0 Å². The van der Waals surface area contributed by atoms with Gasteiger partial charge in [-0.15, -0.1) is 0 Å². The van der Waals surface area contributed by atoms with E-state index in [1.54, 1.807) is 0 Å². The molecule has 0 bridgehead atoms. The van der Waals surface area contributed by atoms with Gasteiger partial charge in [-0.25, -0.2) is 4.98 Å². The molecule has 146 valence electrons. The van der Waals surface area contributed by atoms with Gasteiger partial charge >= 0.3 is 0 Å². The van der Waals surface area contributed by atoms with Gasteiger partial charge in [0.05, 0.1) is 23.6 Å². The highest BCUT2D eigenvalue weighted by molar-refractivity contribution is 5.78. The van der Waals surface area contributed by atoms with E-state index in [0.717, 1.165) is 42.0 Å². The molecule has 1 fully saturated rings. The molecule has 5 heteroatoms. The maximum absolute atomic E-state index is 12.4. The topological polar surface area (TPSA) is 47.4 Å². The van der Waals surface area contributed by atoms with Crippen molar-refractivity contribution in [2.24, 2.45) is 0 Å². The molecule has 1 saturated heterocycles. The second kappa shape index (κ2) is 8.05. The van der Waals surface area contributed by atoms with Crippen LogP contribution in [0.5, 0.6) is 5.75 Å². The third-order valence-corrected chi connectivity index (χ3v) is 5.43. The maximum atomic E-state index is 12.4. The van der Waals surface area contributed by atoms with Crippen molar-refractivity contribution in [3.8, 4) is 5.75 Å². The number of amides is 1. The van der Waals surface area contributed by atoms with E-state index in [-0.39, 0.29) is 11.9 Å². The van der Waals surface area contributed by atoms with E-state index in [9.17, 15) is 4.79 Å². The van der Waals surface area contributed by atoms with E-state index in [1.165, 1.54) is 5.56 Å². The molecule has 0 saturated carbocycles. The molecule has 0 radical (unpaired) electrons. The highest BCUT2D eigenvalue weighted by atomic mass is 16.5. The van der Waals surface area contributed by atoms with Gasteiger partial charge in [-0.2, -0.15) is 0 Å². The van der Waals surface area contributed by atoms with Gasteiger partial charge in [-0.05, 0) is 49.6 Å². The predicted molar refractivity (Wildman–Crippen MR) is 110 cm³/mol. The van der Waals surface area contributed by atoms with Gasteiger partial charge in [0.2, 0.25) is 5.91 Å². The number of carbonyl (C=O) groups excluding carboxylic acids is 1. The zero-order valence-corrected chi connectivity index (χ0v) is 16.6. The zero-order valence-electron chi connectivity index (χ0n) is 16.6. The molecular formula is C23H27N3O2. The number of para-hydroxylation sites is 2. The molecule has 0 aliphatic carbocycles. The first-order valence-corrected chi connectivity index (χ1v) is 10.1. The van der Waals surface area contributed by atoms with Crippen molar-refractivity contribution >= 4 is 16.9 Å². The fraction of sp³-hybridized carbons (Fsp3) is 0.391. The predicted octanol–water partition coefficient (Wildman–Crippen LogP) is 4.50. The Morgan fingerprint density at radius 1 is 1.21 bits per heavy atom. The molecular weight excluding hydrogens is 350 g/mol. The Morgan fingerprint density at radius 3 is 2.89 bits per heavy atom. The molecule has 2 heterocycles. The third kappa shape index (κ3) is 3.61. The van der Waals surface area contributed by atoms with Crippen molar-refractivity contribution in [3.63, 3.8) is 0 Å². The lowest BCUT2D eigenvalue weighted by Crippen LogP contribution is -2.31. The summed E-state index contributed by atoms with van der Waals surface area (Å²) in [5.74, 6) is 2.07. The number of rotatable bonds is 6. The molecule has 1 aromatic heterocycles. The van der Waals surface area contributed by atoms with Crippen molar-refractivity contribution in [2.75, 3.05) is 13.2 Å². The molecule has 3 aromatic rings. The molecule has 1 amide bonds. The number of ether oxygens (including phenoxy) is 1. The SMILES string of the molecule is CCC(=O)N1CCCC1c1nc2ccccc2n1CCOc1cccc(C)c1. The first-order valence-electron chi connectivity index (χ1n) is 10.1. The number of benzene rings is 2. The van der Waals surface area contributed by atoms with Crippen LogP contribution in [-0.4, -0.2) is 33.5 Å². The first kappa shape index (κ1) is 18.5. The molecule has 4 rings (SSSR count). The summed E-state index contributed by atoms with van der Waals surface area (Å²) < 4.78 is 8.23. The highest BCUT2D eigenvalue weighted by Gasteiger charge is 2.32. The summed E-state index contributed by atoms with van der Waals surface area (Å²) in [6.07, 6.45) is 2.53. The Bertz CT molecular complexity index is 979. The fourth-order valence-electron chi connectivity index (χ4n) is 4.08. The van der Waals surface area contributed by atoms with Crippen LogP contribution in [-0.2, 0) is 11.3 Å². The summed E-state index contributed by atoms with van der Waals surface area (Å²) >= 11 is 0. The van der Waals surface area contributed by atoms with Crippen molar-refractivity contribution in [2.45, 2.75) is 45.7 Å². The number of fused-ring (bicyclic) bond motifs is 1. The van der Waals surface area contributed by atoms with Crippen molar-refractivity contribution in [1.29, 1.82) is 0 Å². The molecule has 1 aliphatic heterocycles. The molecule has 2 aromatic carbocycles. The van der Waals surface area contributed by atoms with Gasteiger partial charge in [0.25, 0.3) is 0 Å². The van der Waals surface area contributed by atoms with Gasteiger partial charge in [-0.3, -0.25) is 4.79 Å². The van der Waals surface area contributed by atoms with Crippen molar-refractivity contribution < 1.29 is 9.53 Å². The number of aryl methyl sites for hydroxylation is 1. The number of aromatic nitrogens is 2. The summed E-state index contributed by atoms with van der Waals surface area (Å²) in [6.45, 7) is 6.07. The third-order valence-electron chi connectivity index (χ3n) is 5.43. The molecule has 1 atom stereocenters. The number of nitrogens with zero attached hydrogens (tertiary/aromatic N) is 3. The lowest BCUT2D eigenvalue weighted by molar-refractivity contribution is -0.131. The second-order valence-electron chi connectivity index (χ2n) is 7.37. The second-order valence-corrected chi connectivity index (χ2v) is 7.37. The number of imidazole rings is 1. The minimum atomic E-state index is 0.0545. The Morgan fingerprint density at radius 2 is 2.07 bits per heavy atom. The number of hydrogen-bond acceptors (Lipinski definition) is 3. The van der Waals surface area contributed by atoms with Gasteiger partial charge in [-0.1, -0.05) is 31.2 Å². The van der Waals surface area contributed by atoms with Crippen LogP contribution in [0.1, 0.15) is 43.6 Å². The lowest BCUT2D eigenvalue weighted by Gasteiger charge is -2.25. The largest absolute Gasteiger partial charge is 0.492 e. The van der Waals surface area contributed by atoms with Gasteiger partial charge in [0, 0.05) is 13.0 Å². The normalized spacial score (nSPS) is 16.6. The summed E-state index contributed by atoms with van der Waals surface area (Å²) in [6, 6.07) is 16.3. The molecule has 5 nitrogen and oxygen atoms in total. The smallest absolute Gasteiger partial charge is 0.222 e. The van der Waals surface area contributed by atoms with E-state index in [0.29, 0.717) is 19.6 Å². The van der Waals surface area contributed by atoms with Gasteiger partial charge < -0.3 is 14.2 Å². The molecule has 0 N–H and O–H groups in total. The van der Waals surface area contributed by atoms with Crippen LogP contribution in [0.3, 0.4) is 0 Å². The molecule has 1 aliphatic rings. The minimum absolute atomic E-state index is 0.0545. The zero-order chi connectivity index (χ0) is 19.5.